The van der Waals surface area contributed by atoms with Crippen LogP contribution >= 0.6 is 0 Å². The molecule has 0 unspecified atom stereocenters. The van der Waals surface area contributed by atoms with Crippen molar-refractivity contribution < 1.29 is 84.0 Å². The monoisotopic (exact) mass is 666 g/mol. The van der Waals surface area contributed by atoms with Crippen LogP contribution in [-0.4, -0.2) is 136 Å². The highest BCUT2D eigenvalue weighted by Gasteiger charge is 2.28. The molecule has 0 radical (unpaired) electrons. The van der Waals surface area contributed by atoms with Gasteiger partial charge in [0.25, 0.3) is 0 Å². The Morgan fingerprint density at radius 3 is 1.00 bits per heavy atom. The van der Waals surface area contributed by atoms with Crippen LogP contribution in [0.1, 0.15) is 6.42 Å². The van der Waals surface area contributed by atoms with Crippen LogP contribution in [0, 0.1) is 29.1 Å². The number of ether oxygens (including phenoxy) is 10. The highest BCUT2D eigenvalue weighted by Crippen LogP contribution is 2.29. The summed E-state index contributed by atoms with van der Waals surface area (Å²) in [6.07, 6.45) is -0.493. The number of rotatable bonds is 30. The molecule has 13 nitrogen and oxygen atoms in total. The summed E-state index contributed by atoms with van der Waals surface area (Å²) in [5, 5.41) is 8.40. The van der Waals surface area contributed by atoms with E-state index in [1.165, 1.54) is 0 Å². The third kappa shape index (κ3) is 20.2. The van der Waals surface area contributed by atoms with Crippen molar-refractivity contribution >= 4 is 11.9 Å². The van der Waals surface area contributed by atoms with Crippen LogP contribution in [0.3, 0.4) is 0 Å². The summed E-state index contributed by atoms with van der Waals surface area (Å²) in [7, 11) is 0. The molecule has 1 rings (SSSR count). The second-order valence-corrected chi connectivity index (χ2v) is 8.47. The fourth-order valence-corrected chi connectivity index (χ4v) is 2.91. The zero-order valence-electron chi connectivity index (χ0n) is 24.7. The van der Waals surface area contributed by atoms with Gasteiger partial charge in [-0.05, 0) is 0 Å². The quantitative estimate of drug-likeness (QED) is 0.0319. The smallest absolute Gasteiger partial charge is 0.329 e. The van der Waals surface area contributed by atoms with E-state index in [9.17, 15) is 31.5 Å². The van der Waals surface area contributed by atoms with Crippen molar-refractivity contribution in [1.82, 2.24) is 0 Å². The molecule has 1 aromatic carbocycles. The largest absolute Gasteiger partial charge is 0.480 e. The second-order valence-electron chi connectivity index (χ2n) is 8.47. The van der Waals surface area contributed by atoms with Crippen molar-refractivity contribution in [2.75, 3.05) is 119 Å². The maximum Gasteiger partial charge on any atom is 0.329 e. The molecule has 0 heterocycles. The normalized spacial score (nSPS) is 11.3. The Labute approximate surface area is 256 Å². The first-order valence-corrected chi connectivity index (χ1v) is 13.9. The third-order valence-electron chi connectivity index (χ3n) is 5.04. The first-order valence-electron chi connectivity index (χ1n) is 13.9. The fraction of sp³-hybridized carbons (Fsp3) is 0.704. The first-order chi connectivity index (χ1) is 21.8. The number of carboxylic acids is 1. The van der Waals surface area contributed by atoms with Gasteiger partial charge in [0, 0.05) is 0 Å². The van der Waals surface area contributed by atoms with Crippen LogP contribution < -0.4 is 4.74 Å². The zero-order valence-corrected chi connectivity index (χ0v) is 24.7. The minimum atomic E-state index is -2.35. The lowest BCUT2D eigenvalue weighted by Crippen LogP contribution is -2.16. The Kier molecular flexibility index (Phi) is 24.0. The molecule has 0 spiro atoms. The number of carbonyl (C=O) groups is 2. The average Bonchev–Trinajstić information content (AvgIpc) is 3.02. The molecule has 0 atom stereocenters. The number of esters is 1. The van der Waals surface area contributed by atoms with Crippen LogP contribution in [0.15, 0.2) is 0 Å². The van der Waals surface area contributed by atoms with E-state index in [1.54, 1.807) is 0 Å². The summed E-state index contributed by atoms with van der Waals surface area (Å²) in [5.74, 6) is -15.2. The molecule has 0 aliphatic rings. The molecule has 0 aliphatic carbocycles. The van der Waals surface area contributed by atoms with Gasteiger partial charge in [0.1, 0.15) is 6.61 Å². The van der Waals surface area contributed by atoms with Gasteiger partial charge in [-0.25, -0.2) is 18.0 Å². The van der Waals surface area contributed by atoms with Crippen molar-refractivity contribution in [3.05, 3.63) is 29.1 Å². The van der Waals surface area contributed by atoms with Crippen LogP contribution in [-0.2, 0) is 52.2 Å². The molecule has 1 N–H and O–H groups in total. The molecule has 0 aliphatic heterocycles. The molecule has 18 heteroatoms. The molecule has 45 heavy (non-hydrogen) atoms. The Hall–Kier alpha value is -2.55. The molecule has 0 aromatic heterocycles. The van der Waals surface area contributed by atoms with E-state index in [0.717, 1.165) is 0 Å². The average molecular weight is 667 g/mol. The van der Waals surface area contributed by atoms with E-state index in [0.29, 0.717) is 79.3 Å². The van der Waals surface area contributed by atoms with Crippen LogP contribution in [0.5, 0.6) is 5.75 Å². The molecular weight excluding hydrogens is 627 g/mol. The van der Waals surface area contributed by atoms with Crippen molar-refractivity contribution in [1.29, 1.82) is 0 Å². The van der Waals surface area contributed by atoms with Gasteiger partial charge in [-0.3, -0.25) is 4.79 Å². The van der Waals surface area contributed by atoms with Gasteiger partial charge in [0.15, 0.2) is 0 Å². The van der Waals surface area contributed by atoms with E-state index >= 15 is 0 Å². The minimum absolute atomic E-state index is 0.0730. The van der Waals surface area contributed by atoms with Crippen molar-refractivity contribution in [2.24, 2.45) is 0 Å². The van der Waals surface area contributed by atoms with Gasteiger partial charge in [-0.1, -0.05) is 0 Å². The summed E-state index contributed by atoms with van der Waals surface area (Å²) >= 11 is 0. The number of carbonyl (C=O) groups excluding carboxylic acids is 1. The molecular formula is C27H39F5O13. The Morgan fingerprint density at radius 2 is 0.689 bits per heavy atom. The summed E-state index contributed by atoms with van der Waals surface area (Å²) in [5.41, 5.74) is 0. The Morgan fingerprint density at radius 1 is 0.422 bits per heavy atom. The van der Waals surface area contributed by atoms with Crippen molar-refractivity contribution in [3.63, 3.8) is 0 Å². The maximum absolute atomic E-state index is 13.5. The number of halogens is 5. The molecule has 0 bridgehead atoms. The highest BCUT2D eigenvalue weighted by atomic mass is 19.2. The SMILES string of the molecule is O=C(O)COCCOCCOCCOCCOCCOCCOCCOCCOCCC(=O)Oc1c(F)c(F)c(F)c(F)c1F. The molecule has 0 fully saturated rings. The minimum Gasteiger partial charge on any atom is -0.480 e. The molecule has 0 saturated heterocycles. The highest BCUT2D eigenvalue weighted by molar-refractivity contribution is 5.72. The number of benzene rings is 1. The lowest BCUT2D eigenvalue weighted by Gasteiger charge is -2.09. The lowest BCUT2D eigenvalue weighted by molar-refractivity contribution is -0.142. The van der Waals surface area contributed by atoms with E-state index in [4.69, 9.17) is 47.7 Å². The molecule has 1 aromatic rings. The van der Waals surface area contributed by atoms with E-state index < -0.39 is 53.2 Å². The third-order valence-corrected chi connectivity index (χ3v) is 5.04. The van der Waals surface area contributed by atoms with E-state index in [-0.39, 0.29) is 39.6 Å². The number of hydrogen-bond donors (Lipinski definition) is 1. The summed E-state index contributed by atoms with van der Waals surface area (Å²) in [4.78, 5) is 21.9. The van der Waals surface area contributed by atoms with Crippen molar-refractivity contribution in [3.8, 4) is 5.75 Å². The van der Waals surface area contributed by atoms with E-state index in [2.05, 4.69) is 4.74 Å². The van der Waals surface area contributed by atoms with Crippen molar-refractivity contribution in [2.45, 2.75) is 6.42 Å². The van der Waals surface area contributed by atoms with Gasteiger partial charge in [-0.15, -0.1) is 0 Å². The maximum atomic E-state index is 13.5. The van der Waals surface area contributed by atoms with Crippen LogP contribution in [0.25, 0.3) is 0 Å². The number of carboxylic acid groups (broad SMARTS) is 1. The number of hydrogen-bond acceptors (Lipinski definition) is 12. The Bertz CT molecular complexity index is 929. The summed E-state index contributed by atoms with van der Waals surface area (Å²) < 4.78 is 118. The number of aliphatic carboxylic acids is 1. The van der Waals surface area contributed by atoms with Gasteiger partial charge in [0.2, 0.25) is 34.8 Å². The molecule has 0 saturated carbocycles. The standard InChI is InChI=1S/C27H39F5O13/c28-22-23(29)25(31)27(26(32)24(22)30)45-21(35)1-2-36-3-4-37-5-6-38-7-8-39-9-10-40-11-12-41-13-14-42-15-16-43-17-18-44-19-20(33)34/h1-19H2,(H,33,34). The second kappa shape index (κ2) is 26.6. The van der Waals surface area contributed by atoms with Gasteiger partial charge in [-0.2, -0.15) is 8.78 Å². The van der Waals surface area contributed by atoms with Gasteiger partial charge >= 0.3 is 11.9 Å². The fourth-order valence-electron chi connectivity index (χ4n) is 2.91. The van der Waals surface area contributed by atoms with Crippen LogP contribution in [0.2, 0.25) is 0 Å². The topological polar surface area (TPSA) is 147 Å². The summed E-state index contributed by atoms with van der Waals surface area (Å²) in [6, 6.07) is 0. The van der Waals surface area contributed by atoms with E-state index in [1.807, 2.05) is 0 Å². The Balaban J connectivity index is 1.79. The molecule has 260 valence electrons. The van der Waals surface area contributed by atoms with Gasteiger partial charge in [0.05, 0.1) is 119 Å². The predicted molar refractivity (Wildman–Crippen MR) is 141 cm³/mol. The predicted octanol–water partition coefficient (Wildman–Crippen LogP) is 1.91. The van der Waals surface area contributed by atoms with Crippen LogP contribution in [0.4, 0.5) is 22.0 Å². The zero-order chi connectivity index (χ0) is 33.1. The lowest BCUT2D eigenvalue weighted by atomic mass is 10.2. The summed E-state index contributed by atoms with van der Waals surface area (Å²) in [6.45, 7) is 4.59. The molecule has 0 amide bonds. The first kappa shape index (κ1) is 40.5. The van der Waals surface area contributed by atoms with Gasteiger partial charge < -0.3 is 52.5 Å².